The van der Waals surface area contributed by atoms with Gasteiger partial charge in [0.05, 0.1) is 10.6 Å². The third-order valence-electron chi connectivity index (χ3n) is 3.81. The Kier molecular flexibility index (Phi) is 6.82. The molecule has 0 bridgehead atoms. The van der Waals surface area contributed by atoms with Crippen molar-refractivity contribution in [1.82, 2.24) is 4.90 Å². The Morgan fingerprint density at radius 3 is 2.52 bits per heavy atom. The van der Waals surface area contributed by atoms with Crippen LogP contribution in [0.2, 0.25) is 5.02 Å². The highest BCUT2D eigenvalue weighted by Gasteiger charge is 2.28. The van der Waals surface area contributed by atoms with Gasteiger partial charge in [0.2, 0.25) is 0 Å². The average molecular weight is 331 g/mol. The van der Waals surface area contributed by atoms with Crippen LogP contribution in [-0.4, -0.2) is 23.4 Å². The van der Waals surface area contributed by atoms with Crippen LogP contribution in [0.4, 0.5) is 5.69 Å². The fourth-order valence-electron chi connectivity index (χ4n) is 2.87. The number of nitrogens with two attached hydrogens (primary N) is 1. The van der Waals surface area contributed by atoms with Crippen molar-refractivity contribution in [3.63, 3.8) is 0 Å². The molecule has 0 radical (unpaired) electrons. The summed E-state index contributed by atoms with van der Waals surface area (Å²) in [5, 5.41) is 0.446. The van der Waals surface area contributed by atoms with E-state index in [0.717, 1.165) is 19.4 Å². The van der Waals surface area contributed by atoms with Crippen molar-refractivity contribution in [2.45, 2.75) is 45.6 Å². The number of amides is 1. The van der Waals surface area contributed by atoms with E-state index in [1.807, 2.05) is 4.90 Å². The van der Waals surface area contributed by atoms with Gasteiger partial charge in [0.15, 0.2) is 0 Å². The minimum Gasteiger partial charge on any atom is -0.399 e. The lowest BCUT2D eigenvalue weighted by Gasteiger charge is -2.31. The minimum absolute atomic E-state index is 0. The molecule has 1 aliphatic rings. The van der Waals surface area contributed by atoms with Gasteiger partial charge in [-0.05, 0) is 37.0 Å². The molecule has 0 aliphatic heterocycles. The molecule has 1 aromatic rings. The van der Waals surface area contributed by atoms with Crippen molar-refractivity contribution >= 4 is 35.6 Å². The van der Waals surface area contributed by atoms with Gasteiger partial charge in [0, 0.05) is 18.3 Å². The Morgan fingerprint density at radius 2 is 2.00 bits per heavy atom. The van der Waals surface area contributed by atoms with Gasteiger partial charge in [-0.2, -0.15) is 0 Å². The molecule has 0 heterocycles. The molecule has 118 valence electrons. The minimum atomic E-state index is 0. The molecule has 0 saturated heterocycles. The van der Waals surface area contributed by atoms with Crippen LogP contribution in [0.25, 0.3) is 0 Å². The molecule has 0 spiro atoms. The zero-order chi connectivity index (χ0) is 14.7. The smallest absolute Gasteiger partial charge is 0.255 e. The first-order chi connectivity index (χ1) is 9.49. The molecule has 1 aromatic carbocycles. The third kappa shape index (κ3) is 4.52. The van der Waals surface area contributed by atoms with Crippen molar-refractivity contribution in [2.24, 2.45) is 5.92 Å². The number of hydrogen-bond acceptors (Lipinski definition) is 2. The molecule has 1 saturated carbocycles. The number of nitrogens with zero attached hydrogens (tertiary/aromatic N) is 1. The first-order valence-corrected chi connectivity index (χ1v) is 7.73. The zero-order valence-electron chi connectivity index (χ0n) is 12.6. The highest BCUT2D eigenvalue weighted by Crippen LogP contribution is 2.28. The molecule has 0 unspecified atom stereocenters. The van der Waals surface area contributed by atoms with E-state index in [9.17, 15) is 4.79 Å². The molecule has 0 aromatic heterocycles. The number of rotatable bonds is 4. The highest BCUT2D eigenvalue weighted by atomic mass is 35.5. The van der Waals surface area contributed by atoms with E-state index in [1.54, 1.807) is 18.2 Å². The number of carbonyl (C=O) groups excluding carboxylic acids is 1. The maximum Gasteiger partial charge on any atom is 0.255 e. The maximum absolute atomic E-state index is 12.8. The van der Waals surface area contributed by atoms with Crippen molar-refractivity contribution in [1.29, 1.82) is 0 Å². The van der Waals surface area contributed by atoms with Crippen LogP contribution in [0.5, 0.6) is 0 Å². The van der Waals surface area contributed by atoms with Gasteiger partial charge in [0.1, 0.15) is 0 Å². The first-order valence-electron chi connectivity index (χ1n) is 7.35. The Hall–Kier alpha value is -0.930. The number of hydrogen-bond donors (Lipinski definition) is 1. The lowest BCUT2D eigenvalue weighted by Crippen LogP contribution is -2.41. The maximum atomic E-state index is 12.8. The van der Waals surface area contributed by atoms with Gasteiger partial charge in [0.25, 0.3) is 5.91 Å². The second-order valence-corrected chi connectivity index (χ2v) is 6.44. The summed E-state index contributed by atoms with van der Waals surface area (Å²) in [6.07, 6.45) is 4.63. The Morgan fingerprint density at radius 1 is 1.38 bits per heavy atom. The molecular weight excluding hydrogens is 307 g/mol. The van der Waals surface area contributed by atoms with Gasteiger partial charge >= 0.3 is 0 Å². The standard InChI is InChI=1S/C16H23ClN2O.ClH/c1-11(2)10-19(13-5-3-4-6-13)16(20)14-8-7-12(18)9-15(14)17;/h7-9,11,13H,3-6,10,18H2,1-2H3;1H. The van der Waals surface area contributed by atoms with Crippen LogP contribution in [0.1, 0.15) is 49.9 Å². The summed E-state index contributed by atoms with van der Waals surface area (Å²) in [6.45, 7) is 5.06. The van der Waals surface area contributed by atoms with Crippen LogP contribution < -0.4 is 5.73 Å². The van der Waals surface area contributed by atoms with E-state index >= 15 is 0 Å². The number of halogens is 2. The highest BCUT2D eigenvalue weighted by molar-refractivity contribution is 6.34. The van der Waals surface area contributed by atoms with E-state index in [1.165, 1.54) is 12.8 Å². The topological polar surface area (TPSA) is 46.3 Å². The van der Waals surface area contributed by atoms with E-state index in [2.05, 4.69) is 13.8 Å². The summed E-state index contributed by atoms with van der Waals surface area (Å²) in [6, 6.07) is 5.49. The molecule has 3 nitrogen and oxygen atoms in total. The number of anilines is 1. The molecule has 0 atom stereocenters. The molecule has 1 fully saturated rings. The fraction of sp³-hybridized carbons (Fsp3) is 0.562. The van der Waals surface area contributed by atoms with Gasteiger partial charge in [-0.25, -0.2) is 0 Å². The molecule has 5 heteroatoms. The molecule has 1 amide bonds. The summed E-state index contributed by atoms with van der Waals surface area (Å²) in [7, 11) is 0. The summed E-state index contributed by atoms with van der Waals surface area (Å²) in [5.41, 5.74) is 6.85. The quantitative estimate of drug-likeness (QED) is 0.832. The van der Waals surface area contributed by atoms with E-state index < -0.39 is 0 Å². The van der Waals surface area contributed by atoms with Gasteiger partial charge in [-0.15, -0.1) is 12.4 Å². The fourth-order valence-corrected chi connectivity index (χ4v) is 3.14. The SMILES string of the molecule is CC(C)CN(C(=O)c1ccc(N)cc1Cl)C1CCCC1.Cl. The molecule has 2 rings (SSSR count). The number of nitrogen functional groups attached to an aromatic ring is 1. The van der Waals surface area contributed by atoms with Crippen LogP contribution in [0, 0.1) is 5.92 Å². The summed E-state index contributed by atoms with van der Waals surface area (Å²) in [5.74, 6) is 0.489. The lowest BCUT2D eigenvalue weighted by atomic mass is 10.1. The molecule has 21 heavy (non-hydrogen) atoms. The Labute approximate surface area is 138 Å². The van der Waals surface area contributed by atoms with Gasteiger partial charge in [-0.3, -0.25) is 4.79 Å². The Balaban J connectivity index is 0.00000220. The summed E-state index contributed by atoms with van der Waals surface area (Å²) < 4.78 is 0. The van der Waals surface area contributed by atoms with Crippen LogP contribution in [-0.2, 0) is 0 Å². The lowest BCUT2D eigenvalue weighted by molar-refractivity contribution is 0.0656. The van der Waals surface area contributed by atoms with Crippen molar-refractivity contribution in [3.05, 3.63) is 28.8 Å². The second-order valence-electron chi connectivity index (χ2n) is 6.03. The largest absolute Gasteiger partial charge is 0.399 e. The predicted molar refractivity (Wildman–Crippen MR) is 91.2 cm³/mol. The van der Waals surface area contributed by atoms with E-state index in [0.29, 0.717) is 28.2 Å². The molecular formula is C16H24Cl2N2O. The summed E-state index contributed by atoms with van der Waals surface area (Å²) in [4.78, 5) is 14.8. The van der Waals surface area contributed by atoms with Gasteiger partial charge < -0.3 is 10.6 Å². The van der Waals surface area contributed by atoms with Crippen molar-refractivity contribution < 1.29 is 4.79 Å². The van der Waals surface area contributed by atoms with Crippen LogP contribution in [0.3, 0.4) is 0 Å². The first kappa shape index (κ1) is 18.1. The van der Waals surface area contributed by atoms with Crippen LogP contribution in [0.15, 0.2) is 18.2 Å². The van der Waals surface area contributed by atoms with E-state index in [4.69, 9.17) is 17.3 Å². The molecule has 1 aliphatic carbocycles. The number of benzene rings is 1. The van der Waals surface area contributed by atoms with E-state index in [-0.39, 0.29) is 18.3 Å². The summed E-state index contributed by atoms with van der Waals surface area (Å²) >= 11 is 6.18. The second kappa shape index (κ2) is 7.90. The monoisotopic (exact) mass is 330 g/mol. The van der Waals surface area contributed by atoms with Crippen molar-refractivity contribution in [3.8, 4) is 0 Å². The third-order valence-corrected chi connectivity index (χ3v) is 4.12. The zero-order valence-corrected chi connectivity index (χ0v) is 14.2. The average Bonchev–Trinajstić information content (AvgIpc) is 2.88. The Bertz CT molecular complexity index is 485. The van der Waals surface area contributed by atoms with Crippen LogP contribution >= 0.6 is 24.0 Å². The number of carbonyl (C=O) groups is 1. The van der Waals surface area contributed by atoms with Crippen molar-refractivity contribution in [2.75, 3.05) is 12.3 Å². The predicted octanol–water partition coefficient (Wildman–Crippen LogP) is 4.38. The normalized spacial score (nSPS) is 15.0. The van der Waals surface area contributed by atoms with Gasteiger partial charge in [-0.1, -0.05) is 38.3 Å². The molecule has 2 N–H and O–H groups in total.